The maximum absolute atomic E-state index is 10.6. The molecule has 18 heavy (non-hydrogen) atoms. The topological polar surface area (TPSA) is 91.9 Å². The molecule has 0 spiro atoms. The van der Waals surface area contributed by atoms with Crippen molar-refractivity contribution < 1.29 is 13.2 Å². The van der Waals surface area contributed by atoms with Crippen LogP contribution >= 0.6 is 0 Å². The standard InChI is InChI=1S/C11H11N3O3S/c15-7-12-11-5-10(13-14-11)9-3-1-8(2-4-9)6-18(16)17/h1-5,7,18H,6H2,(H2,12,13,14,15). The van der Waals surface area contributed by atoms with Crippen LogP contribution in [0.3, 0.4) is 0 Å². The summed E-state index contributed by atoms with van der Waals surface area (Å²) in [6.07, 6.45) is 0.549. The van der Waals surface area contributed by atoms with Crippen LogP contribution in [-0.4, -0.2) is 25.0 Å². The Hall–Kier alpha value is -2.15. The Morgan fingerprint density at radius 2 is 2.00 bits per heavy atom. The number of thiol groups is 1. The fraction of sp³-hybridized carbons (Fsp3) is 0.0909. The fourth-order valence-electron chi connectivity index (χ4n) is 1.54. The van der Waals surface area contributed by atoms with Gasteiger partial charge in [-0.15, -0.1) is 0 Å². The van der Waals surface area contributed by atoms with E-state index in [9.17, 15) is 13.2 Å². The van der Waals surface area contributed by atoms with E-state index in [1.54, 1.807) is 30.3 Å². The maximum Gasteiger partial charge on any atom is 0.212 e. The van der Waals surface area contributed by atoms with E-state index in [-0.39, 0.29) is 5.75 Å². The Morgan fingerprint density at radius 3 is 2.61 bits per heavy atom. The van der Waals surface area contributed by atoms with Crippen molar-refractivity contribution in [3.8, 4) is 11.3 Å². The van der Waals surface area contributed by atoms with Crippen molar-refractivity contribution in [3.63, 3.8) is 0 Å². The number of rotatable bonds is 5. The molecule has 94 valence electrons. The number of H-pyrrole nitrogens is 1. The monoisotopic (exact) mass is 265 g/mol. The first kappa shape index (κ1) is 12.3. The average molecular weight is 265 g/mol. The van der Waals surface area contributed by atoms with E-state index in [4.69, 9.17) is 0 Å². The van der Waals surface area contributed by atoms with Crippen LogP contribution in [0.2, 0.25) is 0 Å². The highest BCUT2D eigenvalue weighted by atomic mass is 32.2. The van der Waals surface area contributed by atoms with Crippen LogP contribution in [-0.2, 0) is 21.3 Å². The lowest BCUT2D eigenvalue weighted by Gasteiger charge is -1.98. The van der Waals surface area contributed by atoms with Gasteiger partial charge in [0.2, 0.25) is 6.41 Å². The summed E-state index contributed by atoms with van der Waals surface area (Å²) in [5.41, 5.74) is 2.35. The summed E-state index contributed by atoms with van der Waals surface area (Å²) in [5, 5.41) is 9.10. The van der Waals surface area contributed by atoms with Gasteiger partial charge in [0.1, 0.15) is 10.7 Å². The van der Waals surface area contributed by atoms with Gasteiger partial charge in [-0.1, -0.05) is 24.3 Å². The number of carbonyl (C=O) groups excluding carboxylic acids is 1. The zero-order chi connectivity index (χ0) is 13.0. The van der Waals surface area contributed by atoms with Gasteiger partial charge in [-0.2, -0.15) is 5.10 Å². The molecule has 2 aromatic rings. The van der Waals surface area contributed by atoms with Gasteiger partial charge in [-0.25, -0.2) is 8.42 Å². The minimum atomic E-state index is -2.41. The lowest BCUT2D eigenvalue weighted by molar-refractivity contribution is -0.105. The van der Waals surface area contributed by atoms with E-state index < -0.39 is 10.7 Å². The highest BCUT2D eigenvalue weighted by Gasteiger charge is 2.03. The zero-order valence-electron chi connectivity index (χ0n) is 9.29. The first-order chi connectivity index (χ1) is 8.69. The highest BCUT2D eigenvalue weighted by molar-refractivity contribution is 7.71. The quantitative estimate of drug-likeness (QED) is 0.549. The summed E-state index contributed by atoms with van der Waals surface area (Å²) in [4.78, 5) is 10.2. The van der Waals surface area contributed by atoms with Crippen LogP contribution in [0.1, 0.15) is 5.56 Å². The number of aromatic nitrogens is 2. The molecule has 1 heterocycles. The molecule has 0 aliphatic heterocycles. The summed E-state index contributed by atoms with van der Waals surface area (Å²) >= 11 is 0. The van der Waals surface area contributed by atoms with Gasteiger partial charge in [0.25, 0.3) is 0 Å². The van der Waals surface area contributed by atoms with Crippen molar-refractivity contribution >= 4 is 22.9 Å². The maximum atomic E-state index is 10.6. The van der Waals surface area contributed by atoms with Gasteiger partial charge in [0, 0.05) is 6.07 Å². The number of hydrogen-bond acceptors (Lipinski definition) is 4. The number of carbonyl (C=O) groups is 1. The Kier molecular flexibility index (Phi) is 3.73. The van der Waals surface area contributed by atoms with Gasteiger partial charge in [0.15, 0.2) is 5.82 Å². The van der Waals surface area contributed by atoms with E-state index in [2.05, 4.69) is 15.5 Å². The van der Waals surface area contributed by atoms with Crippen molar-refractivity contribution in [2.45, 2.75) is 5.75 Å². The van der Waals surface area contributed by atoms with Crippen LogP contribution in [0.5, 0.6) is 0 Å². The predicted octanol–water partition coefficient (Wildman–Crippen LogP) is 0.756. The van der Waals surface area contributed by atoms with Crippen molar-refractivity contribution in [1.29, 1.82) is 0 Å². The van der Waals surface area contributed by atoms with Gasteiger partial charge >= 0.3 is 0 Å². The van der Waals surface area contributed by atoms with Gasteiger partial charge < -0.3 is 5.32 Å². The second-order valence-corrected chi connectivity index (χ2v) is 4.60. The third-order valence-corrected chi connectivity index (χ3v) is 2.98. The summed E-state index contributed by atoms with van der Waals surface area (Å²) in [6, 6.07) is 8.78. The number of aromatic amines is 1. The lowest BCUT2D eigenvalue weighted by Crippen LogP contribution is -1.92. The third-order valence-electron chi connectivity index (χ3n) is 2.36. The molecule has 0 unspecified atom stereocenters. The van der Waals surface area contributed by atoms with Crippen LogP contribution in [0.15, 0.2) is 30.3 Å². The first-order valence-corrected chi connectivity index (χ1v) is 6.52. The number of benzene rings is 1. The molecule has 2 N–H and O–H groups in total. The molecule has 0 aliphatic carbocycles. The molecule has 6 nitrogen and oxygen atoms in total. The fourth-order valence-corrected chi connectivity index (χ4v) is 2.05. The van der Waals surface area contributed by atoms with Crippen LogP contribution in [0.4, 0.5) is 5.82 Å². The molecule has 0 aliphatic rings. The van der Waals surface area contributed by atoms with Crippen LogP contribution in [0.25, 0.3) is 11.3 Å². The molecule has 1 aromatic carbocycles. The molecule has 0 fully saturated rings. The number of nitrogens with zero attached hydrogens (tertiary/aromatic N) is 1. The van der Waals surface area contributed by atoms with Crippen molar-refractivity contribution in [2.75, 3.05) is 5.32 Å². The Bertz CT molecular complexity index is 609. The summed E-state index contributed by atoms with van der Waals surface area (Å²) in [5.74, 6) is 0.475. The Morgan fingerprint density at radius 1 is 1.28 bits per heavy atom. The highest BCUT2D eigenvalue weighted by Crippen LogP contribution is 2.20. The number of hydrogen-bond donors (Lipinski definition) is 3. The lowest BCUT2D eigenvalue weighted by atomic mass is 10.1. The normalized spacial score (nSPS) is 10.5. The second-order valence-electron chi connectivity index (χ2n) is 3.62. The van der Waals surface area contributed by atoms with Crippen LogP contribution < -0.4 is 5.32 Å². The van der Waals surface area contributed by atoms with E-state index in [1.165, 1.54) is 0 Å². The molecular formula is C11H11N3O3S. The number of nitrogens with one attached hydrogen (secondary N) is 2. The largest absolute Gasteiger partial charge is 0.312 e. The van der Waals surface area contributed by atoms with Gasteiger partial charge in [-0.05, 0) is 11.1 Å². The molecule has 0 atom stereocenters. The van der Waals surface area contributed by atoms with Crippen molar-refractivity contribution in [2.24, 2.45) is 0 Å². The summed E-state index contributed by atoms with van der Waals surface area (Å²) in [7, 11) is -2.41. The van der Waals surface area contributed by atoms with E-state index in [1.807, 2.05) is 0 Å². The number of anilines is 1. The molecule has 0 saturated heterocycles. The van der Waals surface area contributed by atoms with E-state index in [0.29, 0.717) is 12.2 Å². The minimum Gasteiger partial charge on any atom is -0.312 e. The molecule has 2 rings (SSSR count). The van der Waals surface area contributed by atoms with Gasteiger partial charge in [0.05, 0.1) is 11.4 Å². The zero-order valence-corrected chi connectivity index (χ0v) is 10.2. The minimum absolute atomic E-state index is 0.0382. The molecule has 7 heteroatoms. The Labute approximate surface area is 105 Å². The second kappa shape index (κ2) is 5.46. The Balaban J connectivity index is 2.19. The number of amides is 1. The summed E-state index contributed by atoms with van der Waals surface area (Å²) in [6.45, 7) is 0. The van der Waals surface area contributed by atoms with Crippen molar-refractivity contribution in [1.82, 2.24) is 10.2 Å². The third kappa shape index (κ3) is 2.95. The van der Waals surface area contributed by atoms with E-state index in [0.717, 1.165) is 16.8 Å². The van der Waals surface area contributed by atoms with E-state index >= 15 is 0 Å². The van der Waals surface area contributed by atoms with Gasteiger partial charge in [-0.3, -0.25) is 9.89 Å². The SMILES string of the molecule is O=CNc1cc(-c2ccc(C[SH](=O)=O)cc2)[nH]n1. The molecule has 1 aromatic heterocycles. The summed E-state index contributed by atoms with van der Waals surface area (Å²) < 4.78 is 21.2. The predicted molar refractivity (Wildman–Crippen MR) is 67.7 cm³/mol. The molecule has 0 radical (unpaired) electrons. The average Bonchev–Trinajstić information content (AvgIpc) is 2.78. The molecule has 1 amide bonds. The van der Waals surface area contributed by atoms with Crippen LogP contribution in [0, 0.1) is 0 Å². The first-order valence-electron chi connectivity index (χ1n) is 5.16. The van der Waals surface area contributed by atoms with Crippen molar-refractivity contribution in [3.05, 3.63) is 35.9 Å². The smallest absolute Gasteiger partial charge is 0.212 e. The molecular weight excluding hydrogens is 254 g/mol. The molecule has 0 saturated carbocycles. The molecule has 0 bridgehead atoms.